The molecular formula is C15H21BrN2O2. The number of carbonyl (C=O) groups excluding carboxylic acids is 2. The van der Waals surface area contributed by atoms with E-state index >= 15 is 0 Å². The first kappa shape index (κ1) is 16.9. The van der Waals surface area contributed by atoms with Crippen molar-refractivity contribution in [1.29, 1.82) is 0 Å². The van der Waals surface area contributed by atoms with Crippen LogP contribution in [0.1, 0.15) is 24.2 Å². The predicted octanol–water partition coefficient (Wildman–Crippen LogP) is 2.43. The summed E-state index contributed by atoms with van der Waals surface area (Å²) in [5.41, 5.74) is 0.662. The first-order chi connectivity index (χ1) is 9.47. The summed E-state index contributed by atoms with van der Waals surface area (Å²) in [4.78, 5) is 27.5. The van der Waals surface area contributed by atoms with Crippen LogP contribution in [0.4, 0.5) is 0 Å². The molecule has 0 bridgehead atoms. The summed E-state index contributed by atoms with van der Waals surface area (Å²) < 4.78 is 0.944. The maximum Gasteiger partial charge on any atom is 0.236 e. The number of halogens is 1. The Morgan fingerprint density at radius 3 is 2.10 bits per heavy atom. The van der Waals surface area contributed by atoms with Gasteiger partial charge in [0, 0.05) is 23.1 Å². The molecule has 0 aliphatic carbocycles. The summed E-state index contributed by atoms with van der Waals surface area (Å²) in [6, 6.07) is 7.25. The molecule has 0 radical (unpaired) electrons. The Bertz CT molecular complexity index is 455. The molecule has 1 amide bonds. The zero-order chi connectivity index (χ0) is 15.1. The number of carbonyl (C=O) groups is 2. The Balaban J connectivity index is 2.53. The fourth-order valence-corrected chi connectivity index (χ4v) is 2.20. The van der Waals surface area contributed by atoms with E-state index in [2.05, 4.69) is 15.9 Å². The average Bonchev–Trinajstić information content (AvgIpc) is 2.40. The minimum atomic E-state index is 0.0207. The number of Topliss-reactive ketones (excluding diaryl/α,β-unsaturated/α-hetero) is 1. The summed E-state index contributed by atoms with van der Waals surface area (Å²) in [6.45, 7) is 5.81. The molecule has 0 aliphatic heterocycles. The van der Waals surface area contributed by atoms with Gasteiger partial charge in [-0.05, 0) is 33.0 Å². The number of hydrogen-bond acceptors (Lipinski definition) is 3. The lowest BCUT2D eigenvalue weighted by Gasteiger charge is -2.22. The third kappa shape index (κ3) is 5.06. The van der Waals surface area contributed by atoms with Gasteiger partial charge in [-0.1, -0.05) is 28.1 Å². The van der Waals surface area contributed by atoms with Gasteiger partial charge in [0.15, 0.2) is 5.78 Å². The maximum atomic E-state index is 12.1. The van der Waals surface area contributed by atoms with Gasteiger partial charge < -0.3 is 4.90 Å². The highest BCUT2D eigenvalue weighted by Crippen LogP contribution is 2.11. The molecule has 0 aromatic heterocycles. The van der Waals surface area contributed by atoms with Crippen molar-refractivity contribution in [3.63, 3.8) is 0 Å². The molecule has 0 saturated heterocycles. The second-order valence-corrected chi connectivity index (χ2v) is 5.58. The lowest BCUT2D eigenvalue weighted by molar-refractivity contribution is -0.131. The van der Waals surface area contributed by atoms with Crippen LogP contribution >= 0.6 is 15.9 Å². The van der Waals surface area contributed by atoms with Crippen LogP contribution in [0.5, 0.6) is 0 Å². The largest absolute Gasteiger partial charge is 0.342 e. The average molecular weight is 341 g/mol. The molecule has 0 saturated carbocycles. The zero-order valence-electron chi connectivity index (χ0n) is 12.2. The molecule has 0 N–H and O–H groups in total. The molecule has 1 rings (SSSR count). The van der Waals surface area contributed by atoms with Crippen LogP contribution in [0.15, 0.2) is 28.7 Å². The van der Waals surface area contributed by atoms with E-state index in [0.29, 0.717) is 18.7 Å². The van der Waals surface area contributed by atoms with Gasteiger partial charge >= 0.3 is 0 Å². The number of benzene rings is 1. The second kappa shape index (κ2) is 8.17. The molecule has 0 atom stereocenters. The molecule has 5 heteroatoms. The zero-order valence-corrected chi connectivity index (χ0v) is 13.8. The van der Waals surface area contributed by atoms with Crippen molar-refractivity contribution in [2.75, 3.05) is 33.2 Å². The fourth-order valence-electron chi connectivity index (χ4n) is 1.94. The van der Waals surface area contributed by atoms with Gasteiger partial charge in [-0.15, -0.1) is 0 Å². The summed E-state index contributed by atoms with van der Waals surface area (Å²) >= 11 is 3.34. The molecule has 0 spiro atoms. The molecule has 1 aromatic rings. The van der Waals surface area contributed by atoms with Crippen LogP contribution < -0.4 is 0 Å². The third-order valence-corrected chi connectivity index (χ3v) is 3.63. The van der Waals surface area contributed by atoms with Crippen LogP contribution in [-0.2, 0) is 4.79 Å². The van der Waals surface area contributed by atoms with Gasteiger partial charge in [0.05, 0.1) is 13.1 Å². The lowest BCUT2D eigenvalue weighted by atomic mass is 10.1. The quantitative estimate of drug-likeness (QED) is 0.716. The standard InChI is InChI=1S/C15H21BrN2O2/c1-4-18(5-2)15(20)11-17(3)10-14(19)12-6-8-13(16)9-7-12/h6-9H,4-5,10-11H2,1-3H3. The summed E-state index contributed by atoms with van der Waals surface area (Å²) in [5, 5.41) is 0. The summed E-state index contributed by atoms with van der Waals surface area (Å²) in [7, 11) is 1.79. The molecule has 0 heterocycles. The Hall–Kier alpha value is -1.20. The van der Waals surface area contributed by atoms with Crippen molar-refractivity contribution in [1.82, 2.24) is 9.80 Å². The Morgan fingerprint density at radius 1 is 1.05 bits per heavy atom. The number of ketones is 1. The summed E-state index contributed by atoms with van der Waals surface area (Å²) in [6.07, 6.45) is 0. The Labute approximate surface area is 128 Å². The predicted molar refractivity (Wildman–Crippen MR) is 83.9 cm³/mol. The van der Waals surface area contributed by atoms with Crippen molar-refractivity contribution in [3.05, 3.63) is 34.3 Å². The van der Waals surface area contributed by atoms with Gasteiger partial charge in [-0.2, -0.15) is 0 Å². The highest BCUT2D eigenvalue weighted by Gasteiger charge is 2.15. The van der Waals surface area contributed by atoms with Gasteiger partial charge in [-0.3, -0.25) is 14.5 Å². The second-order valence-electron chi connectivity index (χ2n) is 4.67. The van der Waals surface area contributed by atoms with Crippen molar-refractivity contribution < 1.29 is 9.59 Å². The number of likely N-dealkylation sites (N-methyl/N-ethyl adjacent to an activating group) is 2. The molecule has 0 unspecified atom stereocenters. The molecule has 0 fully saturated rings. The highest BCUT2D eigenvalue weighted by atomic mass is 79.9. The van der Waals surface area contributed by atoms with Crippen LogP contribution in [0, 0.1) is 0 Å². The number of amides is 1. The van der Waals surface area contributed by atoms with E-state index in [-0.39, 0.29) is 24.8 Å². The number of rotatable bonds is 7. The Morgan fingerprint density at radius 2 is 1.60 bits per heavy atom. The number of nitrogens with zero attached hydrogens (tertiary/aromatic N) is 2. The van der Waals surface area contributed by atoms with E-state index in [1.165, 1.54) is 0 Å². The smallest absolute Gasteiger partial charge is 0.236 e. The van der Waals surface area contributed by atoms with Crippen molar-refractivity contribution in [2.24, 2.45) is 0 Å². The minimum Gasteiger partial charge on any atom is -0.342 e. The third-order valence-electron chi connectivity index (χ3n) is 3.10. The van der Waals surface area contributed by atoms with E-state index < -0.39 is 0 Å². The van der Waals surface area contributed by atoms with Crippen molar-refractivity contribution >= 4 is 27.6 Å². The van der Waals surface area contributed by atoms with Gasteiger partial charge in [0.1, 0.15) is 0 Å². The van der Waals surface area contributed by atoms with Gasteiger partial charge in [0.2, 0.25) is 5.91 Å². The topological polar surface area (TPSA) is 40.6 Å². The molecule has 1 aromatic carbocycles. The molecule has 20 heavy (non-hydrogen) atoms. The van der Waals surface area contributed by atoms with E-state index in [0.717, 1.165) is 4.47 Å². The molecular weight excluding hydrogens is 320 g/mol. The van der Waals surface area contributed by atoms with Crippen LogP contribution in [0.2, 0.25) is 0 Å². The van der Waals surface area contributed by atoms with Crippen LogP contribution in [0.3, 0.4) is 0 Å². The summed E-state index contributed by atoms with van der Waals surface area (Å²) in [5.74, 6) is 0.0773. The lowest BCUT2D eigenvalue weighted by Crippen LogP contribution is -2.40. The van der Waals surface area contributed by atoms with Crippen molar-refractivity contribution in [2.45, 2.75) is 13.8 Å². The first-order valence-electron chi connectivity index (χ1n) is 6.73. The van der Waals surface area contributed by atoms with E-state index in [9.17, 15) is 9.59 Å². The van der Waals surface area contributed by atoms with Gasteiger partial charge in [0.25, 0.3) is 0 Å². The minimum absolute atomic E-state index is 0.0207. The normalized spacial score (nSPS) is 10.7. The number of hydrogen-bond donors (Lipinski definition) is 0. The monoisotopic (exact) mass is 340 g/mol. The van der Waals surface area contributed by atoms with Crippen molar-refractivity contribution in [3.8, 4) is 0 Å². The van der Waals surface area contributed by atoms with Crippen LogP contribution in [-0.4, -0.2) is 54.7 Å². The molecule has 4 nitrogen and oxygen atoms in total. The van der Waals surface area contributed by atoms with Gasteiger partial charge in [-0.25, -0.2) is 0 Å². The fraction of sp³-hybridized carbons (Fsp3) is 0.467. The van der Waals surface area contributed by atoms with E-state index in [4.69, 9.17) is 0 Å². The SMILES string of the molecule is CCN(CC)C(=O)CN(C)CC(=O)c1ccc(Br)cc1. The molecule has 0 aliphatic rings. The molecule has 110 valence electrons. The first-order valence-corrected chi connectivity index (χ1v) is 7.52. The van der Waals surface area contributed by atoms with Crippen LogP contribution in [0.25, 0.3) is 0 Å². The Kier molecular flexibility index (Phi) is 6.88. The maximum absolute atomic E-state index is 12.1. The highest BCUT2D eigenvalue weighted by molar-refractivity contribution is 9.10. The van der Waals surface area contributed by atoms with E-state index in [1.54, 1.807) is 29.0 Å². The van der Waals surface area contributed by atoms with E-state index in [1.807, 2.05) is 26.0 Å².